The maximum absolute atomic E-state index is 13.3. The third kappa shape index (κ3) is 4.73. The molecule has 0 unspecified atom stereocenters. The molecule has 2 aromatic rings. The first kappa shape index (κ1) is 16.8. The fourth-order valence-corrected chi connectivity index (χ4v) is 2.88. The molecule has 2 aromatic carbocycles. The van der Waals surface area contributed by atoms with E-state index in [1.165, 1.54) is 23.9 Å². The Morgan fingerprint density at radius 3 is 2.77 bits per heavy atom. The van der Waals surface area contributed by atoms with Crippen LogP contribution in [0.1, 0.15) is 11.1 Å². The average molecular weight is 340 g/mol. The fraction of sp³-hybridized carbons (Fsp3) is 0.188. The van der Waals surface area contributed by atoms with Gasteiger partial charge in [0, 0.05) is 17.0 Å². The fourth-order valence-electron chi connectivity index (χ4n) is 1.82. The van der Waals surface area contributed by atoms with Crippen LogP contribution < -0.4 is 5.32 Å². The molecule has 0 aliphatic carbocycles. The van der Waals surface area contributed by atoms with Gasteiger partial charge in [-0.25, -0.2) is 4.39 Å². The normalized spacial score (nSPS) is 10.5. The summed E-state index contributed by atoms with van der Waals surface area (Å²) in [6.45, 7) is -0.0782. The van der Waals surface area contributed by atoms with Gasteiger partial charge in [-0.2, -0.15) is 0 Å². The molecule has 22 heavy (non-hydrogen) atoms. The van der Waals surface area contributed by atoms with Gasteiger partial charge in [-0.3, -0.25) is 4.79 Å². The topological polar surface area (TPSA) is 49.3 Å². The second-order valence-corrected chi connectivity index (χ2v) is 6.00. The molecule has 3 nitrogen and oxygen atoms in total. The summed E-state index contributed by atoms with van der Waals surface area (Å²) in [4.78, 5) is 12.7. The monoisotopic (exact) mass is 339 g/mol. The van der Waals surface area contributed by atoms with Crippen molar-refractivity contribution in [2.24, 2.45) is 0 Å². The molecule has 0 atom stereocenters. The van der Waals surface area contributed by atoms with Crippen LogP contribution in [0.4, 0.5) is 4.39 Å². The summed E-state index contributed by atoms with van der Waals surface area (Å²) in [5.41, 5.74) is 0.957. The van der Waals surface area contributed by atoms with Crippen molar-refractivity contribution in [2.75, 3.05) is 5.75 Å². The Hall–Kier alpha value is -1.56. The summed E-state index contributed by atoms with van der Waals surface area (Å²) in [5.74, 6) is -0.343. The van der Waals surface area contributed by atoms with E-state index in [-0.39, 0.29) is 30.4 Å². The maximum Gasteiger partial charge on any atom is 0.230 e. The molecule has 0 fully saturated rings. The zero-order valence-corrected chi connectivity index (χ0v) is 13.3. The number of aliphatic hydroxyl groups is 1. The molecule has 1 amide bonds. The summed E-state index contributed by atoms with van der Waals surface area (Å²) in [6.07, 6.45) is 0. The van der Waals surface area contributed by atoms with Crippen molar-refractivity contribution in [1.82, 2.24) is 5.32 Å². The Labute approximate surface area is 137 Å². The van der Waals surface area contributed by atoms with Gasteiger partial charge in [0.1, 0.15) is 5.82 Å². The van der Waals surface area contributed by atoms with Crippen LogP contribution in [0.25, 0.3) is 0 Å². The van der Waals surface area contributed by atoms with Crippen molar-refractivity contribution in [3.8, 4) is 0 Å². The van der Waals surface area contributed by atoms with Gasteiger partial charge in [0.15, 0.2) is 0 Å². The minimum absolute atomic E-state index is 0.139. The van der Waals surface area contributed by atoms with Crippen molar-refractivity contribution < 1.29 is 14.3 Å². The number of carbonyl (C=O) groups excluding carboxylic acids is 1. The van der Waals surface area contributed by atoms with Crippen LogP contribution in [-0.4, -0.2) is 16.8 Å². The molecule has 0 saturated heterocycles. The molecule has 0 heterocycles. The summed E-state index contributed by atoms with van der Waals surface area (Å²) >= 11 is 7.37. The first-order valence-corrected chi connectivity index (χ1v) is 7.98. The number of hydrogen-bond acceptors (Lipinski definition) is 3. The van der Waals surface area contributed by atoms with E-state index < -0.39 is 5.82 Å². The number of amides is 1. The Kier molecular flexibility index (Phi) is 6.24. The van der Waals surface area contributed by atoms with E-state index in [4.69, 9.17) is 16.7 Å². The number of aliphatic hydroxyl groups excluding tert-OH is 1. The second-order valence-electron chi connectivity index (χ2n) is 4.58. The molecule has 0 saturated carbocycles. The number of halogens is 2. The van der Waals surface area contributed by atoms with Gasteiger partial charge in [-0.1, -0.05) is 29.8 Å². The molecule has 2 rings (SSSR count). The van der Waals surface area contributed by atoms with Gasteiger partial charge < -0.3 is 10.4 Å². The molecule has 0 aliphatic heterocycles. The third-order valence-electron chi connectivity index (χ3n) is 2.97. The molecule has 116 valence electrons. The van der Waals surface area contributed by atoms with Crippen LogP contribution in [0.2, 0.25) is 5.02 Å². The first-order valence-electron chi connectivity index (χ1n) is 6.62. The summed E-state index contributed by atoms with van der Waals surface area (Å²) in [7, 11) is 0. The molecule has 0 spiro atoms. The van der Waals surface area contributed by atoms with Crippen molar-refractivity contribution in [3.63, 3.8) is 0 Å². The predicted molar refractivity (Wildman–Crippen MR) is 86.3 cm³/mol. The highest BCUT2D eigenvalue weighted by atomic mass is 35.5. The molecule has 0 radical (unpaired) electrons. The van der Waals surface area contributed by atoms with E-state index in [0.29, 0.717) is 5.02 Å². The van der Waals surface area contributed by atoms with Crippen molar-refractivity contribution in [2.45, 2.75) is 18.0 Å². The quantitative estimate of drug-likeness (QED) is 0.793. The maximum atomic E-state index is 13.3. The predicted octanol–water partition coefficient (Wildman–Crippen LogP) is 3.38. The Bertz CT molecular complexity index is 666. The molecule has 6 heteroatoms. The average Bonchev–Trinajstić information content (AvgIpc) is 2.53. The Morgan fingerprint density at radius 1 is 1.27 bits per heavy atom. The zero-order chi connectivity index (χ0) is 15.9. The van der Waals surface area contributed by atoms with Gasteiger partial charge >= 0.3 is 0 Å². The standard InChI is InChI=1S/C16H15ClFNO2S/c17-13-3-1-2-4-15(13)22-10-16(21)19-8-11-5-6-14(18)12(7-11)9-20/h1-7,20H,8-10H2,(H,19,21). The highest BCUT2D eigenvalue weighted by molar-refractivity contribution is 8.00. The highest BCUT2D eigenvalue weighted by Crippen LogP contribution is 2.26. The summed E-state index contributed by atoms with van der Waals surface area (Å²) in [5, 5.41) is 12.4. The van der Waals surface area contributed by atoms with Crippen LogP contribution in [0.15, 0.2) is 47.4 Å². The van der Waals surface area contributed by atoms with E-state index in [2.05, 4.69) is 5.32 Å². The molecule has 0 bridgehead atoms. The minimum Gasteiger partial charge on any atom is -0.392 e. The molecule has 2 N–H and O–H groups in total. The van der Waals surface area contributed by atoms with Crippen LogP contribution in [0, 0.1) is 5.82 Å². The SMILES string of the molecule is O=C(CSc1ccccc1Cl)NCc1ccc(F)c(CO)c1. The van der Waals surface area contributed by atoms with Crippen LogP contribution in [-0.2, 0) is 17.9 Å². The number of rotatable bonds is 6. The lowest BCUT2D eigenvalue weighted by atomic mass is 10.1. The highest BCUT2D eigenvalue weighted by Gasteiger charge is 2.07. The lowest BCUT2D eigenvalue weighted by molar-refractivity contribution is -0.118. The number of hydrogen-bond donors (Lipinski definition) is 2. The molecule has 0 aliphatic rings. The second kappa shape index (κ2) is 8.17. The van der Waals surface area contributed by atoms with Gasteiger partial charge in [0.05, 0.1) is 17.4 Å². The Balaban J connectivity index is 1.84. The van der Waals surface area contributed by atoms with Gasteiger partial charge in [-0.15, -0.1) is 11.8 Å². The van der Waals surface area contributed by atoms with E-state index in [1.807, 2.05) is 18.2 Å². The van der Waals surface area contributed by atoms with Gasteiger partial charge in [-0.05, 0) is 29.8 Å². The van der Waals surface area contributed by atoms with Crippen molar-refractivity contribution in [3.05, 3.63) is 64.4 Å². The largest absolute Gasteiger partial charge is 0.392 e. The van der Waals surface area contributed by atoms with Crippen molar-refractivity contribution >= 4 is 29.3 Å². The third-order valence-corrected chi connectivity index (χ3v) is 4.48. The summed E-state index contributed by atoms with van der Waals surface area (Å²) in [6, 6.07) is 11.7. The van der Waals surface area contributed by atoms with E-state index in [1.54, 1.807) is 12.1 Å². The van der Waals surface area contributed by atoms with Crippen molar-refractivity contribution in [1.29, 1.82) is 0 Å². The van der Waals surface area contributed by atoms with E-state index >= 15 is 0 Å². The minimum atomic E-state index is -0.452. The number of nitrogens with one attached hydrogen (secondary N) is 1. The number of carbonyl (C=O) groups is 1. The van der Waals surface area contributed by atoms with Crippen LogP contribution >= 0.6 is 23.4 Å². The number of thioether (sulfide) groups is 1. The Morgan fingerprint density at radius 2 is 2.05 bits per heavy atom. The first-order chi connectivity index (χ1) is 10.6. The van der Waals surface area contributed by atoms with E-state index in [9.17, 15) is 9.18 Å². The van der Waals surface area contributed by atoms with Crippen LogP contribution in [0.5, 0.6) is 0 Å². The zero-order valence-electron chi connectivity index (χ0n) is 11.7. The van der Waals surface area contributed by atoms with E-state index in [0.717, 1.165) is 10.5 Å². The lowest BCUT2D eigenvalue weighted by Gasteiger charge is -2.08. The number of benzene rings is 2. The summed E-state index contributed by atoms with van der Waals surface area (Å²) < 4.78 is 13.3. The van der Waals surface area contributed by atoms with Crippen LogP contribution in [0.3, 0.4) is 0 Å². The van der Waals surface area contributed by atoms with Gasteiger partial charge in [0.2, 0.25) is 5.91 Å². The molecular formula is C16H15ClFNO2S. The molecular weight excluding hydrogens is 325 g/mol. The smallest absolute Gasteiger partial charge is 0.230 e. The molecule has 0 aromatic heterocycles. The lowest BCUT2D eigenvalue weighted by Crippen LogP contribution is -2.24. The van der Waals surface area contributed by atoms with Gasteiger partial charge in [0.25, 0.3) is 0 Å².